The topological polar surface area (TPSA) is 46.6 Å². The molecule has 136 valence electrons. The summed E-state index contributed by atoms with van der Waals surface area (Å²) in [5.74, 6) is 1.27. The molecule has 2 bridgehead atoms. The van der Waals surface area contributed by atoms with E-state index in [1.54, 1.807) is 48.5 Å². The van der Waals surface area contributed by atoms with Gasteiger partial charge in [0.1, 0.15) is 11.5 Å². The van der Waals surface area contributed by atoms with Crippen molar-refractivity contribution in [1.29, 1.82) is 0 Å². The highest BCUT2D eigenvalue weighted by molar-refractivity contribution is 6.30. The molecule has 5 heteroatoms. The van der Waals surface area contributed by atoms with Crippen LogP contribution in [0.25, 0.3) is 0 Å². The number of carbonyl (C=O) groups is 2. The Morgan fingerprint density at radius 3 is 2.26 bits per heavy atom. The van der Waals surface area contributed by atoms with Gasteiger partial charge in [-0.05, 0) is 73.7 Å². The van der Waals surface area contributed by atoms with E-state index < -0.39 is 5.41 Å². The van der Waals surface area contributed by atoms with Gasteiger partial charge in [-0.3, -0.25) is 9.59 Å². The number of anilines is 1. The Labute approximate surface area is 162 Å². The van der Waals surface area contributed by atoms with Crippen molar-refractivity contribution in [3.63, 3.8) is 0 Å². The van der Waals surface area contributed by atoms with Gasteiger partial charge in [0.05, 0.1) is 17.0 Å². The van der Waals surface area contributed by atoms with E-state index in [1.807, 2.05) is 6.92 Å². The van der Waals surface area contributed by atoms with Gasteiger partial charge in [0.2, 0.25) is 11.8 Å². The van der Waals surface area contributed by atoms with Crippen molar-refractivity contribution in [2.75, 3.05) is 4.90 Å². The molecule has 2 aliphatic carbocycles. The Hall–Kier alpha value is -2.59. The fourth-order valence-corrected chi connectivity index (χ4v) is 4.98. The highest BCUT2D eigenvalue weighted by Crippen LogP contribution is 2.60. The van der Waals surface area contributed by atoms with Gasteiger partial charge in [-0.1, -0.05) is 23.8 Å². The minimum atomic E-state index is -0.602. The van der Waals surface area contributed by atoms with Crippen LogP contribution in [0.15, 0.2) is 60.7 Å². The molecule has 1 saturated heterocycles. The van der Waals surface area contributed by atoms with Crippen molar-refractivity contribution >= 4 is 29.1 Å². The molecule has 1 saturated carbocycles. The lowest BCUT2D eigenvalue weighted by atomic mass is 9.71. The molecule has 3 aliphatic rings. The number of fused-ring (bicyclic) bond motifs is 5. The molecule has 0 radical (unpaired) electrons. The lowest BCUT2D eigenvalue weighted by molar-refractivity contribution is -0.127. The van der Waals surface area contributed by atoms with Crippen LogP contribution < -0.4 is 9.64 Å². The summed E-state index contributed by atoms with van der Waals surface area (Å²) in [4.78, 5) is 27.5. The number of hydrogen-bond donors (Lipinski definition) is 0. The van der Waals surface area contributed by atoms with E-state index in [0.717, 1.165) is 6.42 Å². The summed E-state index contributed by atoms with van der Waals surface area (Å²) in [5.41, 5.74) is -0.00176. The summed E-state index contributed by atoms with van der Waals surface area (Å²) in [5, 5.41) is 0.645. The summed E-state index contributed by atoms with van der Waals surface area (Å²) in [7, 11) is 0. The van der Waals surface area contributed by atoms with Crippen molar-refractivity contribution in [2.24, 2.45) is 23.2 Å². The number of nitrogens with zero attached hydrogens (tertiary/aromatic N) is 1. The Balaban J connectivity index is 1.40. The third-order valence-electron chi connectivity index (χ3n) is 6.26. The number of amides is 2. The van der Waals surface area contributed by atoms with E-state index in [4.69, 9.17) is 16.3 Å². The highest BCUT2D eigenvalue weighted by atomic mass is 35.5. The summed E-state index contributed by atoms with van der Waals surface area (Å²) >= 11 is 5.88. The van der Waals surface area contributed by atoms with Crippen LogP contribution >= 0.6 is 11.6 Å². The molecule has 1 heterocycles. The normalized spacial score (nSPS) is 30.9. The number of imide groups is 1. The van der Waals surface area contributed by atoms with Crippen molar-refractivity contribution in [2.45, 2.75) is 13.3 Å². The smallest absolute Gasteiger partial charge is 0.241 e. The van der Waals surface area contributed by atoms with Gasteiger partial charge in [-0.2, -0.15) is 0 Å². The van der Waals surface area contributed by atoms with Crippen molar-refractivity contribution < 1.29 is 14.3 Å². The van der Waals surface area contributed by atoms with Crippen LogP contribution in [0, 0.1) is 23.2 Å². The Morgan fingerprint density at radius 1 is 1.00 bits per heavy atom. The summed E-state index contributed by atoms with van der Waals surface area (Å²) in [6, 6.07) is 14.2. The van der Waals surface area contributed by atoms with E-state index in [9.17, 15) is 9.59 Å². The van der Waals surface area contributed by atoms with E-state index in [0.29, 0.717) is 22.2 Å². The number of hydrogen-bond acceptors (Lipinski definition) is 3. The van der Waals surface area contributed by atoms with E-state index >= 15 is 0 Å². The average Bonchev–Trinajstić information content (AvgIpc) is 3.30. The molecule has 0 unspecified atom stereocenters. The molecule has 2 aromatic rings. The Bertz CT molecular complexity index is 966. The largest absolute Gasteiger partial charge is 0.457 e. The molecule has 2 aromatic carbocycles. The Kier molecular flexibility index (Phi) is 3.50. The zero-order valence-corrected chi connectivity index (χ0v) is 15.5. The Morgan fingerprint density at radius 2 is 1.63 bits per heavy atom. The summed E-state index contributed by atoms with van der Waals surface area (Å²) < 4.78 is 5.79. The molecule has 4 atom stereocenters. The highest BCUT2D eigenvalue weighted by Gasteiger charge is 2.67. The van der Waals surface area contributed by atoms with E-state index in [1.165, 1.54) is 4.90 Å². The third kappa shape index (κ3) is 2.29. The molecular formula is C22H18ClNO3. The fraction of sp³-hybridized carbons (Fsp3) is 0.273. The third-order valence-corrected chi connectivity index (χ3v) is 6.51. The molecular weight excluding hydrogens is 362 g/mol. The van der Waals surface area contributed by atoms with Crippen molar-refractivity contribution in [3.8, 4) is 11.5 Å². The lowest BCUT2D eigenvalue weighted by Gasteiger charge is -2.28. The van der Waals surface area contributed by atoms with E-state index in [-0.39, 0.29) is 29.6 Å². The molecule has 1 aliphatic heterocycles. The van der Waals surface area contributed by atoms with Gasteiger partial charge < -0.3 is 4.74 Å². The number of rotatable bonds is 3. The van der Waals surface area contributed by atoms with Gasteiger partial charge in [0, 0.05) is 5.02 Å². The van der Waals surface area contributed by atoms with Crippen molar-refractivity contribution in [3.05, 3.63) is 65.7 Å². The maximum atomic E-state index is 13.1. The molecule has 5 rings (SSSR count). The minimum Gasteiger partial charge on any atom is -0.457 e. The van der Waals surface area contributed by atoms with Crippen LogP contribution in [-0.4, -0.2) is 11.8 Å². The fourth-order valence-electron chi connectivity index (χ4n) is 4.85. The second-order valence-corrected chi connectivity index (χ2v) is 8.12. The maximum absolute atomic E-state index is 13.1. The number of benzene rings is 2. The van der Waals surface area contributed by atoms with Gasteiger partial charge in [-0.15, -0.1) is 0 Å². The predicted octanol–water partition coefficient (Wildman–Crippen LogP) is 4.83. The maximum Gasteiger partial charge on any atom is 0.241 e. The quantitative estimate of drug-likeness (QED) is 0.566. The van der Waals surface area contributed by atoms with Gasteiger partial charge >= 0.3 is 0 Å². The SMILES string of the molecule is C[C@@]12C(=O)N(c3ccc(Oc4ccc(Cl)cc4)cc3)C(=O)[C@@H]1[C@H]1C=C[C@H]2C1. The van der Waals surface area contributed by atoms with Crippen LogP contribution in [-0.2, 0) is 9.59 Å². The van der Waals surface area contributed by atoms with Crippen LogP contribution in [0.2, 0.25) is 5.02 Å². The van der Waals surface area contributed by atoms with Gasteiger partial charge in [0.15, 0.2) is 0 Å². The molecule has 2 fully saturated rings. The number of halogens is 1. The van der Waals surface area contributed by atoms with Crippen LogP contribution in [0.5, 0.6) is 11.5 Å². The molecule has 4 nitrogen and oxygen atoms in total. The van der Waals surface area contributed by atoms with Crippen LogP contribution in [0.3, 0.4) is 0 Å². The molecule has 0 N–H and O–H groups in total. The second-order valence-electron chi connectivity index (χ2n) is 7.68. The standard InChI is InChI=1S/C22H18ClNO3/c1-22-14-3-2-13(12-14)19(22)20(25)24(21(22)26)16-6-10-18(11-7-16)27-17-8-4-15(23)5-9-17/h2-11,13-14,19H,12H2,1H3/t13-,14-,19-,22-/m0/s1. The first-order chi connectivity index (χ1) is 13.0. The number of carbonyl (C=O) groups excluding carboxylic acids is 2. The van der Waals surface area contributed by atoms with Gasteiger partial charge in [0.25, 0.3) is 0 Å². The first-order valence-electron chi connectivity index (χ1n) is 9.08. The molecule has 0 spiro atoms. The number of allylic oxidation sites excluding steroid dienone is 2. The second kappa shape index (κ2) is 5.70. The molecule has 0 aromatic heterocycles. The molecule has 27 heavy (non-hydrogen) atoms. The molecule has 2 amide bonds. The monoisotopic (exact) mass is 379 g/mol. The van der Waals surface area contributed by atoms with Crippen molar-refractivity contribution in [1.82, 2.24) is 0 Å². The first-order valence-corrected chi connectivity index (χ1v) is 9.46. The average molecular weight is 380 g/mol. The van der Waals surface area contributed by atoms with Crippen LogP contribution in [0.4, 0.5) is 5.69 Å². The summed E-state index contributed by atoms with van der Waals surface area (Å²) in [6.45, 7) is 1.95. The predicted molar refractivity (Wildman–Crippen MR) is 103 cm³/mol. The minimum absolute atomic E-state index is 0.0780. The van der Waals surface area contributed by atoms with Gasteiger partial charge in [-0.25, -0.2) is 4.90 Å². The zero-order chi connectivity index (χ0) is 18.8. The van der Waals surface area contributed by atoms with E-state index in [2.05, 4.69) is 12.2 Å². The number of ether oxygens (including phenoxy) is 1. The first kappa shape index (κ1) is 16.6. The van der Waals surface area contributed by atoms with Crippen LogP contribution in [0.1, 0.15) is 13.3 Å². The lowest BCUT2D eigenvalue weighted by Crippen LogP contribution is -2.37. The zero-order valence-electron chi connectivity index (χ0n) is 14.8. The summed E-state index contributed by atoms with van der Waals surface area (Å²) in [6.07, 6.45) is 5.13.